The summed E-state index contributed by atoms with van der Waals surface area (Å²) in [6.07, 6.45) is 3.57. The molecule has 1 amide bonds. The average Bonchev–Trinajstić information content (AvgIpc) is 3.08. The van der Waals surface area contributed by atoms with Crippen molar-refractivity contribution in [2.75, 3.05) is 5.32 Å². The summed E-state index contributed by atoms with van der Waals surface area (Å²) < 4.78 is 3.50. The molecule has 6 nitrogen and oxygen atoms in total. The van der Waals surface area contributed by atoms with Crippen molar-refractivity contribution < 1.29 is 4.79 Å². The van der Waals surface area contributed by atoms with Gasteiger partial charge in [-0.15, -0.1) is 0 Å². The van der Waals surface area contributed by atoms with E-state index < -0.39 is 0 Å². The minimum absolute atomic E-state index is 0.125. The van der Waals surface area contributed by atoms with Crippen molar-refractivity contribution >= 4 is 23.2 Å². The first-order valence-corrected chi connectivity index (χ1v) is 8.37. The number of benzene rings is 1. The lowest BCUT2D eigenvalue weighted by atomic mass is 10.2. The normalized spacial score (nSPS) is 10.9. The van der Waals surface area contributed by atoms with Gasteiger partial charge in [0.05, 0.1) is 29.8 Å². The van der Waals surface area contributed by atoms with Crippen molar-refractivity contribution in [3.63, 3.8) is 0 Å². The first-order chi connectivity index (χ1) is 11.9. The Balaban J connectivity index is 1.72. The van der Waals surface area contributed by atoms with E-state index in [1.807, 2.05) is 55.9 Å². The monoisotopic (exact) mass is 357 g/mol. The average molecular weight is 358 g/mol. The predicted molar refractivity (Wildman–Crippen MR) is 97.8 cm³/mol. The third kappa shape index (κ3) is 4.09. The van der Waals surface area contributed by atoms with Crippen LogP contribution in [0.3, 0.4) is 0 Å². The molecule has 25 heavy (non-hydrogen) atoms. The molecule has 0 atom stereocenters. The van der Waals surface area contributed by atoms with Gasteiger partial charge in [0.25, 0.3) is 0 Å². The van der Waals surface area contributed by atoms with Crippen LogP contribution >= 0.6 is 11.6 Å². The lowest BCUT2D eigenvalue weighted by molar-refractivity contribution is -0.116. The number of rotatable bonds is 5. The summed E-state index contributed by atoms with van der Waals surface area (Å²) in [6, 6.07) is 7.66. The highest BCUT2D eigenvalue weighted by atomic mass is 35.5. The van der Waals surface area contributed by atoms with Crippen LogP contribution in [0.4, 0.5) is 5.69 Å². The number of nitrogens with zero attached hydrogens (tertiary/aromatic N) is 4. The van der Waals surface area contributed by atoms with Gasteiger partial charge in [-0.1, -0.05) is 23.7 Å². The summed E-state index contributed by atoms with van der Waals surface area (Å²) >= 11 is 5.92. The van der Waals surface area contributed by atoms with Gasteiger partial charge in [0.2, 0.25) is 5.91 Å². The number of halogens is 1. The first kappa shape index (κ1) is 17.2. The Labute approximate surface area is 151 Å². The largest absolute Gasteiger partial charge is 0.321 e. The number of carbonyl (C=O) groups excluding carboxylic acids is 1. The number of hydrogen-bond donors (Lipinski definition) is 1. The molecule has 0 bridgehead atoms. The van der Waals surface area contributed by atoms with Crippen LogP contribution in [0.2, 0.25) is 5.02 Å². The Hall–Kier alpha value is -2.60. The fourth-order valence-electron chi connectivity index (χ4n) is 2.67. The molecule has 0 spiro atoms. The van der Waals surface area contributed by atoms with E-state index in [0.29, 0.717) is 11.6 Å². The van der Waals surface area contributed by atoms with E-state index in [4.69, 9.17) is 11.6 Å². The minimum Gasteiger partial charge on any atom is -0.321 e. The van der Waals surface area contributed by atoms with Gasteiger partial charge in [-0.2, -0.15) is 10.2 Å². The van der Waals surface area contributed by atoms with Crippen LogP contribution in [0.25, 0.3) is 0 Å². The number of aryl methyl sites for hydroxylation is 2. The van der Waals surface area contributed by atoms with Gasteiger partial charge < -0.3 is 5.32 Å². The Kier molecular flexibility index (Phi) is 4.90. The molecule has 0 aliphatic rings. The molecule has 1 N–H and O–H groups in total. The molecule has 0 fully saturated rings. The zero-order chi connectivity index (χ0) is 18.0. The van der Waals surface area contributed by atoms with Crippen molar-refractivity contribution in [3.8, 4) is 0 Å². The molecule has 0 aliphatic carbocycles. The fourth-order valence-corrected chi connectivity index (χ4v) is 2.80. The zero-order valence-electron chi connectivity index (χ0n) is 14.5. The second-order valence-electron chi connectivity index (χ2n) is 6.09. The molecular weight excluding hydrogens is 338 g/mol. The molecule has 0 saturated heterocycles. The maximum Gasteiger partial charge on any atom is 0.246 e. The van der Waals surface area contributed by atoms with Gasteiger partial charge in [0.1, 0.15) is 6.54 Å². The van der Waals surface area contributed by atoms with Crippen molar-refractivity contribution in [1.29, 1.82) is 0 Å². The Bertz CT molecular complexity index is 895. The second-order valence-corrected chi connectivity index (χ2v) is 6.53. The molecule has 7 heteroatoms. The number of aromatic nitrogens is 4. The molecule has 2 aromatic heterocycles. The van der Waals surface area contributed by atoms with E-state index in [-0.39, 0.29) is 12.5 Å². The quantitative estimate of drug-likeness (QED) is 0.761. The molecule has 1 aromatic carbocycles. The van der Waals surface area contributed by atoms with E-state index in [2.05, 4.69) is 15.5 Å². The number of carbonyl (C=O) groups is 1. The van der Waals surface area contributed by atoms with E-state index in [9.17, 15) is 4.79 Å². The molecule has 130 valence electrons. The van der Waals surface area contributed by atoms with Gasteiger partial charge in [-0.25, -0.2) is 0 Å². The molecule has 0 saturated carbocycles. The Morgan fingerprint density at radius 2 is 1.92 bits per heavy atom. The number of hydrogen-bond acceptors (Lipinski definition) is 3. The third-order valence-corrected chi connectivity index (χ3v) is 4.21. The van der Waals surface area contributed by atoms with E-state index in [1.165, 1.54) is 0 Å². The zero-order valence-corrected chi connectivity index (χ0v) is 15.2. The number of amides is 1. The molecule has 0 radical (unpaired) electrons. The molecule has 3 rings (SSSR count). The predicted octanol–water partition coefficient (Wildman–Crippen LogP) is 3.35. The van der Waals surface area contributed by atoms with Crippen LogP contribution in [0.15, 0.2) is 36.7 Å². The van der Waals surface area contributed by atoms with Crippen molar-refractivity contribution in [1.82, 2.24) is 19.6 Å². The van der Waals surface area contributed by atoms with Crippen LogP contribution < -0.4 is 5.32 Å². The minimum atomic E-state index is -0.125. The van der Waals surface area contributed by atoms with Crippen LogP contribution in [-0.4, -0.2) is 25.5 Å². The summed E-state index contributed by atoms with van der Waals surface area (Å²) in [5.74, 6) is -0.125. The first-order valence-electron chi connectivity index (χ1n) is 7.99. The van der Waals surface area contributed by atoms with Crippen LogP contribution in [0, 0.1) is 20.8 Å². The molecular formula is C18H20ClN5O. The molecule has 2 heterocycles. The second kappa shape index (κ2) is 7.11. The van der Waals surface area contributed by atoms with Crippen LogP contribution in [0.1, 0.15) is 22.5 Å². The fraction of sp³-hybridized carbons (Fsp3) is 0.278. The summed E-state index contributed by atoms with van der Waals surface area (Å²) in [7, 11) is 0. The number of nitrogens with one attached hydrogen (secondary N) is 1. The highest BCUT2D eigenvalue weighted by Crippen LogP contribution is 2.21. The highest BCUT2D eigenvalue weighted by molar-refractivity contribution is 6.30. The lowest BCUT2D eigenvalue weighted by Crippen LogP contribution is -2.19. The Morgan fingerprint density at radius 3 is 2.56 bits per heavy atom. The summed E-state index contributed by atoms with van der Waals surface area (Å²) in [5.41, 5.74) is 4.58. The van der Waals surface area contributed by atoms with E-state index >= 15 is 0 Å². The molecule has 3 aromatic rings. The van der Waals surface area contributed by atoms with Crippen molar-refractivity contribution in [2.24, 2.45) is 0 Å². The van der Waals surface area contributed by atoms with Gasteiger partial charge >= 0.3 is 0 Å². The van der Waals surface area contributed by atoms with Gasteiger partial charge in [-0.05, 0) is 44.0 Å². The maximum absolute atomic E-state index is 12.3. The SMILES string of the molecule is Cc1cnn(CC(=O)Nc2c(C)nn(Cc3ccc(Cl)cc3)c2C)c1. The third-order valence-electron chi connectivity index (χ3n) is 3.96. The summed E-state index contributed by atoms with van der Waals surface area (Å²) in [4.78, 5) is 12.3. The van der Waals surface area contributed by atoms with Crippen LogP contribution in [-0.2, 0) is 17.9 Å². The lowest BCUT2D eigenvalue weighted by Gasteiger charge is -2.08. The van der Waals surface area contributed by atoms with E-state index in [0.717, 1.165) is 28.2 Å². The van der Waals surface area contributed by atoms with Gasteiger partial charge in [-0.3, -0.25) is 14.2 Å². The van der Waals surface area contributed by atoms with Gasteiger partial charge in [0.15, 0.2) is 0 Å². The van der Waals surface area contributed by atoms with Crippen LogP contribution in [0.5, 0.6) is 0 Å². The highest BCUT2D eigenvalue weighted by Gasteiger charge is 2.15. The molecule has 0 unspecified atom stereocenters. The summed E-state index contributed by atoms with van der Waals surface area (Å²) in [6.45, 7) is 6.58. The smallest absolute Gasteiger partial charge is 0.246 e. The van der Waals surface area contributed by atoms with E-state index in [1.54, 1.807) is 10.9 Å². The standard InChI is InChI=1S/C18H20ClN5O/c1-12-8-20-23(9-12)11-17(25)21-18-13(2)22-24(14(18)3)10-15-4-6-16(19)7-5-15/h4-9H,10-11H2,1-3H3,(H,21,25). The number of anilines is 1. The van der Waals surface area contributed by atoms with Gasteiger partial charge in [0, 0.05) is 11.2 Å². The Morgan fingerprint density at radius 1 is 1.20 bits per heavy atom. The maximum atomic E-state index is 12.3. The van der Waals surface area contributed by atoms with Crippen molar-refractivity contribution in [3.05, 3.63) is 64.2 Å². The topological polar surface area (TPSA) is 64.7 Å². The molecule has 0 aliphatic heterocycles. The summed E-state index contributed by atoms with van der Waals surface area (Å²) in [5, 5.41) is 12.3. The van der Waals surface area contributed by atoms with Crippen molar-refractivity contribution in [2.45, 2.75) is 33.9 Å².